The fraction of sp³-hybridized carbons (Fsp3) is 0. The van der Waals surface area contributed by atoms with Crippen LogP contribution < -0.4 is 5.32 Å². The van der Waals surface area contributed by atoms with Gasteiger partial charge in [-0.3, -0.25) is 4.98 Å². The van der Waals surface area contributed by atoms with Crippen LogP contribution >= 0.6 is 0 Å². The Kier molecular flexibility index (Phi) is 2.83. The van der Waals surface area contributed by atoms with Crippen LogP contribution in [0.15, 0.2) is 54.7 Å². The summed E-state index contributed by atoms with van der Waals surface area (Å²) >= 11 is 0. The van der Waals surface area contributed by atoms with Crippen LogP contribution in [0.5, 0.6) is 0 Å². The van der Waals surface area contributed by atoms with Crippen molar-refractivity contribution >= 4 is 22.3 Å². The van der Waals surface area contributed by atoms with Crippen LogP contribution in [0.25, 0.3) is 10.9 Å². The van der Waals surface area contributed by atoms with Gasteiger partial charge in [-0.25, -0.2) is 8.78 Å². The molecule has 94 valence electrons. The number of fused-ring (bicyclic) bond motifs is 1. The Morgan fingerprint density at radius 2 is 1.74 bits per heavy atom. The summed E-state index contributed by atoms with van der Waals surface area (Å²) in [6.07, 6.45) is 1.49. The molecule has 0 aliphatic carbocycles. The first-order chi connectivity index (χ1) is 9.24. The summed E-state index contributed by atoms with van der Waals surface area (Å²) in [5.74, 6) is -1.28. The summed E-state index contributed by atoms with van der Waals surface area (Å²) in [6, 6.07) is 13.2. The lowest BCUT2D eigenvalue weighted by molar-refractivity contribution is 0.590. The van der Waals surface area contributed by atoms with Crippen LogP contribution in [0.1, 0.15) is 0 Å². The topological polar surface area (TPSA) is 24.9 Å². The first-order valence-electron chi connectivity index (χ1n) is 5.80. The third-order valence-corrected chi connectivity index (χ3v) is 2.82. The minimum absolute atomic E-state index is 0.155. The standard InChI is InChI=1S/C15H10F2N2/c16-10-8-12-14(19-11-4-2-1-3-5-11)6-7-18-15(12)13(17)9-10/h1-9H,(H,18,19). The number of para-hydroxylation sites is 1. The predicted molar refractivity (Wildman–Crippen MR) is 71.4 cm³/mol. The van der Waals surface area contributed by atoms with E-state index in [2.05, 4.69) is 10.3 Å². The maximum atomic E-state index is 13.6. The van der Waals surface area contributed by atoms with Crippen LogP contribution in [-0.4, -0.2) is 4.98 Å². The third kappa shape index (κ3) is 2.25. The molecule has 0 radical (unpaired) electrons. The number of rotatable bonds is 2. The summed E-state index contributed by atoms with van der Waals surface area (Å²) in [5, 5.41) is 3.55. The second-order valence-electron chi connectivity index (χ2n) is 4.13. The first kappa shape index (κ1) is 11.6. The zero-order valence-corrected chi connectivity index (χ0v) is 9.90. The summed E-state index contributed by atoms with van der Waals surface area (Å²) in [6.45, 7) is 0. The van der Waals surface area contributed by atoms with Gasteiger partial charge in [-0.2, -0.15) is 0 Å². The van der Waals surface area contributed by atoms with Gasteiger partial charge in [-0.05, 0) is 24.3 Å². The molecule has 1 heterocycles. The maximum absolute atomic E-state index is 13.6. The Morgan fingerprint density at radius 1 is 0.947 bits per heavy atom. The molecule has 4 heteroatoms. The number of halogens is 2. The zero-order valence-electron chi connectivity index (χ0n) is 9.90. The molecule has 3 rings (SSSR count). The molecule has 1 N–H and O–H groups in total. The minimum Gasteiger partial charge on any atom is -0.355 e. The van der Waals surface area contributed by atoms with Crippen molar-refractivity contribution in [2.45, 2.75) is 0 Å². The summed E-state index contributed by atoms with van der Waals surface area (Å²) in [5.41, 5.74) is 1.62. The molecule has 0 aliphatic heterocycles. The molecule has 1 aromatic heterocycles. The van der Waals surface area contributed by atoms with E-state index < -0.39 is 11.6 Å². The molecule has 19 heavy (non-hydrogen) atoms. The monoisotopic (exact) mass is 256 g/mol. The minimum atomic E-state index is -0.660. The van der Waals surface area contributed by atoms with Crippen molar-refractivity contribution in [1.82, 2.24) is 4.98 Å². The molecule has 0 saturated heterocycles. The van der Waals surface area contributed by atoms with E-state index in [9.17, 15) is 8.78 Å². The average molecular weight is 256 g/mol. The molecule has 0 fully saturated rings. The molecule has 0 spiro atoms. The molecular weight excluding hydrogens is 246 g/mol. The van der Waals surface area contributed by atoms with Crippen molar-refractivity contribution in [1.29, 1.82) is 0 Å². The fourth-order valence-corrected chi connectivity index (χ4v) is 1.96. The maximum Gasteiger partial charge on any atom is 0.152 e. The van der Waals surface area contributed by atoms with Crippen LogP contribution in [0, 0.1) is 11.6 Å². The number of hydrogen-bond donors (Lipinski definition) is 1. The Labute approximate surface area is 108 Å². The van der Waals surface area contributed by atoms with Crippen molar-refractivity contribution in [2.75, 3.05) is 5.32 Å². The van der Waals surface area contributed by atoms with E-state index in [-0.39, 0.29) is 5.52 Å². The number of nitrogens with zero attached hydrogens (tertiary/aromatic N) is 1. The number of nitrogens with one attached hydrogen (secondary N) is 1. The van der Waals surface area contributed by atoms with Crippen LogP contribution in [0.4, 0.5) is 20.2 Å². The van der Waals surface area contributed by atoms with Crippen molar-refractivity contribution in [2.24, 2.45) is 0 Å². The van der Waals surface area contributed by atoms with Gasteiger partial charge in [0.05, 0.1) is 0 Å². The highest BCUT2D eigenvalue weighted by Crippen LogP contribution is 2.27. The number of aromatic nitrogens is 1. The van der Waals surface area contributed by atoms with E-state index in [1.807, 2.05) is 30.3 Å². The van der Waals surface area contributed by atoms with Crippen molar-refractivity contribution in [3.63, 3.8) is 0 Å². The molecule has 0 amide bonds. The van der Waals surface area contributed by atoms with E-state index in [1.54, 1.807) is 6.07 Å². The van der Waals surface area contributed by atoms with Gasteiger partial charge in [0.2, 0.25) is 0 Å². The Balaban J connectivity index is 2.14. The van der Waals surface area contributed by atoms with Gasteiger partial charge in [0.1, 0.15) is 11.3 Å². The fourth-order valence-electron chi connectivity index (χ4n) is 1.96. The number of pyridine rings is 1. The van der Waals surface area contributed by atoms with Crippen molar-refractivity contribution in [3.05, 3.63) is 66.4 Å². The van der Waals surface area contributed by atoms with Gasteiger partial charge in [0, 0.05) is 29.0 Å². The number of hydrogen-bond acceptors (Lipinski definition) is 2. The smallest absolute Gasteiger partial charge is 0.152 e. The molecule has 0 bridgehead atoms. The second-order valence-corrected chi connectivity index (χ2v) is 4.13. The van der Waals surface area contributed by atoms with E-state index in [0.29, 0.717) is 11.1 Å². The van der Waals surface area contributed by atoms with E-state index >= 15 is 0 Å². The van der Waals surface area contributed by atoms with Gasteiger partial charge >= 0.3 is 0 Å². The second kappa shape index (κ2) is 4.65. The molecule has 0 unspecified atom stereocenters. The summed E-state index contributed by atoms with van der Waals surface area (Å²) < 4.78 is 27.0. The first-order valence-corrected chi connectivity index (χ1v) is 5.80. The van der Waals surface area contributed by atoms with Crippen molar-refractivity contribution in [3.8, 4) is 0 Å². The third-order valence-electron chi connectivity index (χ3n) is 2.82. The summed E-state index contributed by atoms with van der Waals surface area (Å²) in [4.78, 5) is 3.94. The molecule has 0 saturated carbocycles. The molecule has 2 aromatic carbocycles. The molecule has 0 aliphatic rings. The summed E-state index contributed by atoms with van der Waals surface area (Å²) in [7, 11) is 0. The predicted octanol–water partition coefficient (Wildman–Crippen LogP) is 4.26. The van der Waals surface area contributed by atoms with Gasteiger partial charge in [-0.1, -0.05) is 18.2 Å². The van der Waals surface area contributed by atoms with Gasteiger partial charge in [0.15, 0.2) is 5.82 Å². The van der Waals surface area contributed by atoms with E-state index in [0.717, 1.165) is 11.8 Å². The zero-order chi connectivity index (χ0) is 13.2. The highest BCUT2D eigenvalue weighted by Gasteiger charge is 2.09. The highest BCUT2D eigenvalue weighted by molar-refractivity contribution is 5.93. The lowest BCUT2D eigenvalue weighted by Crippen LogP contribution is -1.94. The quantitative estimate of drug-likeness (QED) is 0.741. The molecule has 0 atom stereocenters. The van der Waals surface area contributed by atoms with Gasteiger partial charge in [0.25, 0.3) is 0 Å². The van der Waals surface area contributed by atoms with Gasteiger partial charge < -0.3 is 5.32 Å². The Bertz CT molecular complexity index is 727. The Hall–Kier alpha value is -2.49. The van der Waals surface area contributed by atoms with Gasteiger partial charge in [-0.15, -0.1) is 0 Å². The van der Waals surface area contributed by atoms with Crippen molar-refractivity contribution < 1.29 is 8.78 Å². The number of anilines is 2. The van der Waals surface area contributed by atoms with Crippen LogP contribution in [-0.2, 0) is 0 Å². The largest absolute Gasteiger partial charge is 0.355 e. The van der Waals surface area contributed by atoms with E-state index in [4.69, 9.17) is 0 Å². The SMILES string of the molecule is Fc1cc(F)c2nccc(Nc3ccccc3)c2c1. The highest BCUT2D eigenvalue weighted by atomic mass is 19.1. The normalized spacial score (nSPS) is 10.6. The Morgan fingerprint density at radius 3 is 2.53 bits per heavy atom. The number of benzene rings is 2. The lowest BCUT2D eigenvalue weighted by atomic mass is 10.1. The average Bonchev–Trinajstić information content (AvgIpc) is 2.41. The molecule has 3 aromatic rings. The van der Waals surface area contributed by atoms with E-state index in [1.165, 1.54) is 12.3 Å². The molecular formula is C15H10F2N2. The lowest BCUT2D eigenvalue weighted by Gasteiger charge is -2.09. The van der Waals surface area contributed by atoms with Crippen LogP contribution in [0.2, 0.25) is 0 Å². The van der Waals surface area contributed by atoms with Crippen LogP contribution in [0.3, 0.4) is 0 Å². The molecule has 2 nitrogen and oxygen atoms in total.